The molecule has 0 unspecified atom stereocenters. The van der Waals surface area contributed by atoms with Gasteiger partial charge in [0.2, 0.25) is 8.32 Å². The van der Waals surface area contributed by atoms with Gasteiger partial charge in [-0.25, -0.2) is 0 Å². The van der Waals surface area contributed by atoms with Gasteiger partial charge in [0.05, 0.1) is 0 Å². The molecule has 0 fully saturated rings. The Morgan fingerprint density at radius 3 is 2.36 bits per heavy atom. The third-order valence-corrected chi connectivity index (χ3v) is 2.16. The lowest BCUT2D eigenvalue weighted by Gasteiger charge is -2.18. The smallest absolute Gasteiger partial charge is 0.220 e. The first-order valence-electron chi connectivity index (χ1n) is 4.34. The summed E-state index contributed by atoms with van der Waals surface area (Å²) in [4.78, 5) is 0. The number of hydrogen-bond acceptors (Lipinski definition) is 4. The Morgan fingerprint density at radius 2 is 1.86 bits per heavy atom. The van der Waals surface area contributed by atoms with E-state index >= 15 is 0 Å². The standard InChI is InChI=1S/C9H15NO3Si/c1-14(2,3)13-10-8-5-4-7(11)6-9(8)12/h4-6,10-12H,1-3H3. The maximum Gasteiger partial charge on any atom is 0.220 e. The van der Waals surface area contributed by atoms with Gasteiger partial charge < -0.3 is 14.7 Å². The summed E-state index contributed by atoms with van der Waals surface area (Å²) in [5, 5.41) is 18.4. The summed E-state index contributed by atoms with van der Waals surface area (Å²) in [7, 11) is -1.66. The lowest BCUT2D eigenvalue weighted by Crippen LogP contribution is -2.28. The van der Waals surface area contributed by atoms with E-state index in [0.29, 0.717) is 5.69 Å². The summed E-state index contributed by atoms with van der Waals surface area (Å²) in [5.74, 6) is 0.00398. The molecule has 78 valence electrons. The molecule has 0 aromatic heterocycles. The van der Waals surface area contributed by atoms with Crippen LogP contribution >= 0.6 is 0 Å². The number of hydrogen-bond donors (Lipinski definition) is 3. The Labute approximate surface area is 84.2 Å². The van der Waals surface area contributed by atoms with Gasteiger partial charge in [0.25, 0.3) is 0 Å². The molecule has 0 aliphatic rings. The minimum absolute atomic E-state index is 0.0248. The highest BCUT2D eigenvalue weighted by atomic mass is 28.4. The van der Waals surface area contributed by atoms with Crippen molar-refractivity contribution in [1.82, 2.24) is 0 Å². The predicted molar refractivity (Wildman–Crippen MR) is 57.8 cm³/mol. The van der Waals surface area contributed by atoms with Crippen molar-refractivity contribution in [2.45, 2.75) is 19.6 Å². The molecular formula is C9H15NO3Si. The SMILES string of the molecule is C[Si](C)(C)ONc1ccc(O)cc1O. The van der Waals surface area contributed by atoms with E-state index in [1.165, 1.54) is 12.1 Å². The monoisotopic (exact) mass is 213 g/mol. The van der Waals surface area contributed by atoms with Crippen LogP contribution in [-0.4, -0.2) is 18.5 Å². The number of nitrogens with one attached hydrogen (secondary N) is 1. The molecule has 0 heterocycles. The number of aromatic hydroxyl groups is 2. The number of anilines is 1. The second-order valence-corrected chi connectivity index (χ2v) is 8.45. The molecule has 0 aliphatic heterocycles. The van der Waals surface area contributed by atoms with E-state index in [2.05, 4.69) is 5.48 Å². The first-order chi connectivity index (χ1) is 6.38. The van der Waals surface area contributed by atoms with E-state index in [0.717, 1.165) is 0 Å². The molecule has 0 bridgehead atoms. The van der Waals surface area contributed by atoms with Crippen molar-refractivity contribution in [2.75, 3.05) is 5.48 Å². The van der Waals surface area contributed by atoms with E-state index in [-0.39, 0.29) is 11.5 Å². The zero-order valence-corrected chi connectivity index (χ0v) is 9.53. The van der Waals surface area contributed by atoms with Gasteiger partial charge in [0, 0.05) is 6.07 Å². The molecule has 0 spiro atoms. The Bertz CT molecular complexity index is 322. The molecule has 1 rings (SSSR count). The molecule has 0 saturated carbocycles. The van der Waals surface area contributed by atoms with Gasteiger partial charge in [-0.05, 0) is 31.8 Å². The summed E-state index contributed by atoms with van der Waals surface area (Å²) < 4.78 is 5.38. The maximum absolute atomic E-state index is 9.40. The van der Waals surface area contributed by atoms with Crippen LogP contribution in [0.15, 0.2) is 18.2 Å². The number of benzene rings is 1. The van der Waals surface area contributed by atoms with Crippen molar-refractivity contribution in [2.24, 2.45) is 0 Å². The lowest BCUT2D eigenvalue weighted by atomic mass is 10.3. The molecule has 0 amide bonds. The Hall–Kier alpha value is -1.20. The van der Waals surface area contributed by atoms with Crippen LogP contribution in [0, 0.1) is 0 Å². The fourth-order valence-corrected chi connectivity index (χ4v) is 1.23. The third-order valence-electron chi connectivity index (χ3n) is 1.45. The average Bonchev–Trinajstić information content (AvgIpc) is 2.00. The summed E-state index contributed by atoms with van der Waals surface area (Å²) >= 11 is 0. The van der Waals surface area contributed by atoms with Crippen LogP contribution in [0.25, 0.3) is 0 Å². The fourth-order valence-electron chi connectivity index (χ4n) is 0.814. The molecule has 0 radical (unpaired) electrons. The predicted octanol–water partition coefficient (Wildman–Crippen LogP) is 2.28. The number of phenolic OH excluding ortho intramolecular Hbond substituents is 2. The van der Waals surface area contributed by atoms with Gasteiger partial charge in [0.15, 0.2) is 0 Å². The zero-order chi connectivity index (χ0) is 10.8. The normalized spacial score (nSPS) is 11.4. The number of phenols is 2. The highest BCUT2D eigenvalue weighted by Crippen LogP contribution is 2.27. The maximum atomic E-state index is 9.40. The van der Waals surface area contributed by atoms with Crippen LogP contribution in [-0.2, 0) is 4.53 Å². The van der Waals surface area contributed by atoms with Crippen molar-refractivity contribution in [1.29, 1.82) is 0 Å². The molecule has 5 heteroatoms. The summed E-state index contributed by atoms with van der Waals surface area (Å²) in [6.07, 6.45) is 0. The van der Waals surface area contributed by atoms with Crippen LogP contribution in [0.2, 0.25) is 19.6 Å². The zero-order valence-electron chi connectivity index (χ0n) is 8.53. The molecular weight excluding hydrogens is 198 g/mol. The largest absolute Gasteiger partial charge is 0.508 e. The highest BCUT2D eigenvalue weighted by Gasteiger charge is 2.15. The highest BCUT2D eigenvalue weighted by molar-refractivity contribution is 6.69. The number of rotatable bonds is 3. The van der Waals surface area contributed by atoms with Gasteiger partial charge in [-0.1, -0.05) is 0 Å². The molecule has 1 aromatic carbocycles. The second kappa shape index (κ2) is 3.89. The van der Waals surface area contributed by atoms with Crippen LogP contribution < -0.4 is 5.48 Å². The Balaban J connectivity index is 2.68. The van der Waals surface area contributed by atoms with Crippen molar-refractivity contribution in [3.8, 4) is 11.5 Å². The van der Waals surface area contributed by atoms with Crippen LogP contribution in [0.1, 0.15) is 0 Å². The van der Waals surface area contributed by atoms with Crippen molar-refractivity contribution in [3.63, 3.8) is 0 Å². The van der Waals surface area contributed by atoms with Gasteiger partial charge in [-0.2, -0.15) is 0 Å². The molecule has 3 N–H and O–H groups in total. The molecule has 0 atom stereocenters. The third kappa shape index (κ3) is 3.27. The van der Waals surface area contributed by atoms with E-state index in [1.807, 2.05) is 19.6 Å². The molecule has 14 heavy (non-hydrogen) atoms. The topological polar surface area (TPSA) is 61.7 Å². The van der Waals surface area contributed by atoms with Crippen LogP contribution in [0.4, 0.5) is 5.69 Å². The van der Waals surface area contributed by atoms with Gasteiger partial charge >= 0.3 is 0 Å². The Kier molecular flexibility index (Phi) is 3.02. The minimum atomic E-state index is -1.66. The minimum Gasteiger partial charge on any atom is -0.508 e. The van der Waals surface area contributed by atoms with Crippen molar-refractivity contribution >= 4 is 14.0 Å². The first-order valence-corrected chi connectivity index (χ1v) is 7.75. The fraction of sp³-hybridized carbons (Fsp3) is 0.333. The van der Waals surface area contributed by atoms with E-state index in [1.54, 1.807) is 6.07 Å². The van der Waals surface area contributed by atoms with Crippen molar-refractivity contribution in [3.05, 3.63) is 18.2 Å². The first kappa shape index (κ1) is 10.9. The van der Waals surface area contributed by atoms with Gasteiger partial charge in [0.1, 0.15) is 17.2 Å². The van der Waals surface area contributed by atoms with E-state index in [9.17, 15) is 5.11 Å². The quantitative estimate of drug-likeness (QED) is 0.312. The summed E-state index contributed by atoms with van der Waals surface area (Å²) in [6.45, 7) is 6.08. The van der Waals surface area contributed by atoms with E-state index < -0.39 is 8.32 Å². The second-order valence-electron chi connectivity index (χ2n) is 4.02. The van der Waals surface area contributed by atoms with Crippen LogP contribution in [0.5, 0.6) is 11.5 Å². The van der Waals surface area contributed by atoms with E-state index in [4.69, 9.17) is 9.63 Å². The van der Waals surface area contributed by atoms with Crippen LogP contribution in [0.3, 0.4) is 0 Å². The molecule has 0 saturated heterocycles. The lowest BCUT2D eigenvalue weighted by molar-refractivity contribution is 0.391. The van der Waals surface area contributed by atoms with Gasteiger partial charge in [-0.15, -0.1) is 0 Å². The Morgan fingerprint density at radius 1 is 1.21 bits per heavy atom. The molecule has 0 aliphatic carbocycles. The summed E-state index contributed by atoms with van der Waals surface area (Å²) in [5.41, 5.74) is 3.14. The van der Waals surface area contributed by atoms with Gasteiger partial charge in [-0.3, -0.25) is 5.48 Å². The molecule has 4 nitrogen and oxygen atoms in total. The summed E-state index contributed by atoms with van der Waals surface area (Å²) in [6, 6.07) is 4.30. The average molecular weight is 213 g/mol. The molecule has 1 aromatic rings. The van der Waals surface area contributed by atoms with Crippen molar-refractivity contribution < 1.29 is 14.7 Å².